The molecular formula is C39H68N6O7. The van der Waals surface area contributed by atoms with Gasteiger partial charge >= 0.3 is 0 Å². The molecule has 1 aromatic carbocycles. The molecule has 0 radical (unpaired) electrons. The molecule has 52 heavy (non-hydrogen) atoms. The van der Waals surface area contributed by atoms with Gasteiger partial charge in [0, 0.05) is 34.9 Å². The molecule has 1 aliphatic heterocycles. The molecule has 4 amide bonds. The zero-order valence-corrected chi connectivity index (χ0v) is 33.7. The number of methoxy groups -OCH3 is 2. The van der Waals surface area contributed by atoms with E-state index in [0.717, 1.165) is 12.8 Å². The molecule has 1 aliphatic rings. The Labute approximate surface area is 312 Å². The van der Waals surface area contributed by atoms with Crippen LogP contribution in [-0.4, -0.2) is 121 Å². The summed E-state index contributed by atoms with van der Waals surface area (Å²) in [6.45, 7) is 15.7. The number of likely N-dealkylation sites (N-methyl/N-ethyl adjacent to an activating group) is 2. The zero-order valence-electron chi connectivity index (χ0n) is 33.7. The van der Waals surface area contributed by atoms with Gasteiger partial charge in [0.05, 0.1) is 48.8 Å². The first-order valence-corrected chi connectivity index (χ1v) is 18.9. The molecule has 1 aromatic rings. The van der Waals surface area contributed by atoms with Crippen molar-refractivity contribution in [1.82, 2.24) is 25.4 Å². The molecule has 0 aliphatic carbocycles. The fourth-order valence-electron chi connectivity index (χ4n) is 7.61. The van der Waals surface area contributed by atoms with Crippen molar-refractivity contribution in [2.75, 3.05) is 34.9 Å². The Morgan fingerprint density at radius 3 is 2.06 bits per heavy atom. The molecule has 0 unspecified atom stereocenters. The Morgan fingerprint density at radius 1 is 0.942 bits per heavy atom. The molecule has 10 atom stereocenters. The molecular weight excluding hydrogens is 664 g/mol. The largest absolute Gasteiger partial charge is 0.386 e. The lowest BCUT2D eigenvalue weighted by molar-refractivity contribution is -0.148. The fraction of sp³-hybridized carbons (Fsp3) is 0.744. The van der Waals surface area contributed by atoms with Crippen LogP contribution in [0.15, 0.2) is 30.3 Å². The number of amides is 4. The Balaban J connectivity index is 2.25. The zero-order chi connectivity index (χ0) is 39.4. The molecule has 0 bridgehead atoms. The van der Waals surface area contributed by atoms with Gasteiger partial charge < -0.3 is 35.0 Å². The summed E-state index contributed by atoms with van der Waals surface area (Å²) in [5.41, 5.74) is 0.707. The number of carbonyl (C=O) groups excluding carboxylic acids is 4. The number of hydrogen-bond acceptors (Lipinski definition) is 9. The molecule has 13 nitrogen and oxygen atoms in total. The lowest BCUT2D eigenvalue weighted by Gasteiger charge is -2.41. The van der Waals surface area contributed by atoms with Crippen molar-refractivity contribution in [3.05, 3.63) is 35.9 Å². The highest BCUT2D eigenvalue weighted by atomic mass is 16.5. The summed E-state index contributed by atoms with van der Waals surface area (Å²) in [5.74, 6) is 4.05. The van der Waals surface area contributed by atoms with E-state index in [-0.39, 0.29) is 53.8 Å². The van der Waals surface area contributed by atoms with Crippen molar-refractivity contribution in [1.29, 1.82) is 0 Å². The van der Waals surface area contributed by atoms with E-state index in [0.29, 0.717) is 18.5 Å². The van der Waals surface area contributed by atoms with Gasteiger partial charge in [0.25, 0.3) is 0 Å². The first kappa shape index (κ1) is 45.1. The number of hydrogen-bond donors (Lipinski definition) is 4. The number of nitrogens with one attached hydrogen (secondary N) is 2. The maximum atomic E-state index is 14.2. The van der Waals surface area contributed by atoms with E-state index in [1.54, 1.807) is 52.0 Å². The first-order chi connectivity index (χ1) is 24.4. The molecule has 5 N–H and O–H groups in total. The summed E-state index contributed by atoms with van der Waals surface area (Å²) in [5, 5.41) is 18.1. The molecule has 0 saturated carbocycles. The molecule has 1 saturated heterocycles. The Hall–Kier alpha value is -3.10. The van der Waals surface area contributed by atoms with E-state index in [4.69, 9.17) is 15.3 Å². The van der Waals surface area contributed by atoms with Gasteiger partial charge in [-0.15, -0.1) is 0 Å². The van der Waals surface area contributed by atoms with Crippen molar-refractivity contribution in [3.8, 4) is 0 Å². The second-order valence-electron chi connectivity index (χ2n) is 15.3. The molecule has 2 rings (SSSR count). The van der Waals surface area contributed by atoms with Crippen LogP contribution in [-0.2, 0) is 28.7 Å². The second kappa shape index (κ2) is 21.0. The highest BCUT2D eigenvalue weighted by Gasteiger charge is 2.43. The van der Waals surface area contributed by atoms with E-state index >= 15 is 0 Å². The van der Waals surface area contributed by atoms with Gasteiger partial charge in [0.15, 0.2) is 0 Å². The average molecular weight is 733 g/mol. The minimum absolute atomic E-state index is 0.0169. The molecule has 13 heteroatoms. The predicted molar refractivity (Wildman–Crippen MR) is 202 cm³/mol. The third-order valence-electron chi connectivity index (χ3n) is 10.8. The number of ether oxygens (including phenoxy) is 2. The van der Waals surface area contributed by atoms with E-state index < -0.39 is 48.4 Å². The number of rotatable bonds is 20. The maximum absolute atomic E-state index is 14.2. The van der Waals surface area contributed by atoms with Crippen LogP contribution in [0.3, 0.4) is 0 Å². The van der Waals surface area contributed by atoms with Crippen molar-refractivity contribution in [3.63, 3.8) is 0 Å². The van der Waals surface area contributed by atoms with Crippen molar-refractivity contribution >= 4 is 23.6 Å². The van der Waals surface area contributed by atoms with Crippen LogP contribution in [0, 0.1) is 23.7 Å². The number of carbonyl (C=O) groups is 4. The quantitative estimate of drug-likeness (QED) is 0.116. The topological polar surface area (TPSA) is 167 Å². The van der Waals surface area contributed by atoms with Gasteiger partial charge in [0.1, 0.15) is 12.1 Å². The SMILES string of the molecule is CC[C@H](C)[C@@H]([C@@H](CC(=O)N1CCC[C@H]1[C@H](OC)[C@@H](C)C(=O)N[C@H](C)[C@@H](O)c1ccccc1)OC)N(C)C(=O)[C@@H](NC(=O)[C@H](C(C)C)N(C)N)C(C)C. The van der Waals surface area contributed by atoms with Crippen LogP contribution in [0.1, 0.15) is 92.7 Å². The minimum Gasteiger partial charge on any atom is -0.386 e. The lowest BCUT2D eigenvalue weighted by Crippen LogP contribution is -2.60. The van der Waals surface area contributed by atoms with Gasteiger partial charge in [0.2, 0.25) is 23.6 Å². The molecule has 296 valence electrons. The number of benzene rings is 1. The van der Waals surface area contributed by atoms with E-state index in [9.17, 15) is 24.3 Å². The van der Waals surface area contributed by atoms with Gasteiger partial charge in [-0.05, 0) is 43.1 Å². The number of hydrazine groups is 1. The highest BCUT2D eigenvalue weighted by Crippen LogP contribution is 2.30. The number of nitrogens with zero attached hydrogens (tertiary/aromatic N) is 3. The van der Waals surface area contributed by atoms with Crippen molar-refractivity contribution in [2.24, 2.45) is 29.5 Å². The summed E-state index contributed by atoms with van der Waals surface area (Å²) in [7, 11) is 6.44. The van der Waals surface area contributed by atoms with E-state index in [2.05, 4.69) is 10.6 Å². The van der Waals surface area contributed by atoms with E-state index in [1.165, 1.54) is 5.01 Å². The number of aliphatic hydroxyl groups excluding tert-OH is 1. The van der Waals surface area contributed by atoms with Gasteiger partial charge in [-0.2, -0.15) is 0 Å². The number of nitrogens with two attached hydrogens (primary N) is 1. The Morgan fingerprint density at radius 2 is 1.56 bits per heavy atom. The maximum Gasteiger partial charge on any atom is 0.245 e. The van der Waals surface area contributed by atoms with Crippen LogP contribution in [0.4, 0.5) is 0 Å². The van der Waals surface area contributed by atoms with Gasteiger partial charge in [-0.3, -0.25) is 25.0 Å². The molecule has 0 aromatic heterocycles. The average Bonchev–Trinajstić information content (AvgIpc) is 3.59. The molecule has 0 spiro atoms. The predicted octanol–water partition coefficient (Wildman–Crippen LogP) is 3.12. The monoisotopic (exact) mass is 733 g/mol. The summed E-state index contributed by atoms with van der Waals surface area (Å²) in [6, 6.07) is 6.39. The van der Waals surface area contributed by atoms with Crippen molar-refractivity contribution < 1.29 is 33.8 Å². The van der Waals surface area contributed by atoms with Crippen LogP contribution in [0.2, 0.25) is 0 Å². The minimum atomic E-state index is -0.881. The van der Waals surface area contributed by atoms with Crippen molar-refractivity contribution in [2.45, 2.75) is 130 Å². The summed E-state index contributed by atoms with van der Waals surface area (Å²) in [4.78, 5) is 58.5. The number of aliphatic hydroxyl groups is 1. The van der Waals surface area contributed by atoms with Crippen LogP contribution in [0.5, 0.6) is 0 Å². The summed E-state index contributed by atoms with van der Waals surface area (Å²) >= 11 is 0. The lowest BCUT2D eigenvalue weighted by atomic mass is 9.89. The Bertz CT molecular complexity index is 1270. The summed E-state index contributed by atoms with van der Waals surface area (Å²) in [6.07, 6.45) is 0.0636. The normalized spacial score (nSPS) is 20.1. The first-order valence-electron chi connectivity index (χ1n) is 18.9. The van der Waals surface area contributed by atoms with Crippen LogP contribution < -0.4 is 16.5 Å². The van der Waals surface area contributed by atoms with Crippen LogP contribution >= 0.6 is 0 Å². The second-order valence-corrected chi connectivity index (χ2v) is 15.3. The van der Waals surface area contributed by atoms with Gasteiger partial charge in [-0.25, -0.2) is 5.01 Å². The fourth-order valence-corrected chi connectivity index (χ4v) is 7.61. The number of likely N-dealkylation sites (tertiary alicyclic amines) is 1. The Kier molecular flexibility index (Phi) is 18.2. The highest BCUT2D eigenvalue weighted by molar-refractivity contribution is 5.90. The smallest absolute Gasteiger partial charge is 0.245 e. The standard InChI is InChI=1S/C39H68N6O7/c1-13-25(6)34(43(9)39(50)32(23(2)3)42-38(49)33(24(4)5)44(10)40)30(51-11)22-31(46)45-21-17-20-29(45)36(52-12)26(7)37(48)41-27(8)35(47)28-18-15-14-16-19-28/h14-16,18-19,23-27,29-30,32-36,47H,13,17,20-22,40H2,1-12H3,(H,41,48)(H,42,49)/t25-,26+,27+,29-,30+,32-,33-,34-,35+,36+/m0/s1. The molecule has 1 heterocycles. The molecule has 1 fully saturated rings. The van der Waals surface area contributed by atoms with Crippen LogP contribution in [0.25, 0.3) is 0 Å². The third kappa shape index (κ3) is 11.4. The van der Waals surface area contributed by atoms with E-state index in [1.807, 2.05) is 71.9 Å². The third-order valence-corrected chi connectivity index (χ3v) is 10.8. The summed E-state index contributed by atoms with van der Waals surface area (Å²) < 4.78 is 11.9. The van der Waals surface area contributed by atoms with Gasteiger partial charge in [-0.1, -0.05) is 85.2 Å².